The van der Waals surface area contributed by atoms with Gasteiger partial charge in [0.2, 0.25) is 5.91 Å². The fourth-order valence-electron chi connectivity index (χ4n) is 3.09. The number of halogens is 1. The summed E-state index contributed by atoms with van der Waals surface area (Å²) >= 11 is 0. The van der Waals surface area contributed by atoms with Gasteiger partial charge >= 0.3 is 0 Å². The van der Waals surface area contributed by atoms with Gasteiger partial charge in [0, 0.05) is 26.2 Å². The molecule has 0 saturated carbocycles. The molecule has 3 rings (SSSR count). The van der Waals surface area contributed by atoms with Crippen LogP contribution in [0.25, 0.3) is 0 Å². The summed E-state index contributed by atoms with van der Waals surface area (Å²) in [5.74, 6) is 0.0430. The quantitative estimate of drug-likeness (QED) is 0.903. The monoisotopic (exact) mass is 359 g/mol. The predicted molar refractivity (Wildman–Crippen MR) is 93.8 cm³/mol. The molecule has 2 heterocycles. The summed E-state index contributed by atoms with van der Waals surface area (Å²) in [6.45, 7) is 2.32. The first kappa shape index (κ1) is 18.1. The number of hydrogen-bond donors (Lipinski definition) is 1. The van der Waals surface area contributed by atoms with Crippen LogP contribution in [0.15, 0.2) is 41.0 Å². The molecule has 1 aliphatic rings. The highest BCUT2D eigenvalue weighted by Gasteiger charge is 2.24. The van der Waals surface area contributed by atoms with Crippen molar-refractivity contribution in [2.24, 2.45) is 5.73 Å². The lowest BCUT2D eigenvalue weighted by Gasteiger charge is -2.22. The molecule has 0 unspecified atom stereocenters. The molecule has 26 heavy (non-hydrogen) atoms. The van der Waals surface area contributed by atoms with Gasteiger partial charge in [0.05, 0.1) is 18.5 Å². The molecule has 1 aromatic carbocycles. The Hall–Kier alpha value is -2.67. The van der Waals surface area contributed by atoms with Crippen molar-refractivity contribution in [2.75, 3.05) is 26.2 Å². The Morgan fingerprint density at radius 3 is 2.62 bits per heavy atom. The highest BCUT2D eigenvalue weighted by Crippen LogP contribution is 2.14. The molecule has 138 valence electrons. The molecule has 2 amide bonds. The van der Waals surface area contributed by atoms with Crippen molar-refractivity contribution in [3.8, 4) is 0 Å². The minimum atomic E-state index is -0.347. The van der Waals surface area contributed by atoms with E-state index in [0.29, 0.717) is 49.5 Å². The van der Waals surface area contributed by atoms with Crippen LogP contribution in [0.2, 0.25) is 0 Å². The van der Waals surface area contributed by atoms with Crippen molar-refractivity contribution >= 4 is 11.8 Å². The predicted octanol–water partition coefficient (Wildman–Crippen LogP) is 1.79. The standard InChI is InChI=1S/C19H22FN3O3/c20-16-4-1-3-14(9-16)10-18(24)22-5-2-6-23(8-7-22)19(25)15-11-17(12-21)26-13-15/h1,3-4,9,11,13H,2,5-8,10,12,21H2. The largest absolute Gasteiger partial charge is 0.467 e. The van der Waals surface area contributed by atoms with Gasteiger partial charge in [-0.2, -0.15) is 0 Å². The fraction of sp³-hybridized carbons (Fsp3) is 0.368. The highest BCUT2D eigenvalue weighted by atomic mass is 19.1. The van der Waals surface area contributed by atoms with Crippen LogP contribution < -0.4 is 5.73 Å². The summed E-state index contributed by atoms with van der Waals surface area (Å²) in [7, 11) is 0. The Labute approximate surface area is 151 Å². The Bertz CT molecular complexity index is 790. The zero-order chi connectivity index (χ0) is 18.5. The Kier molecular flexibility index (Phi) is 5.68. The maximum atomic E-state index is 13.3. The second-order valence-electron chi connectivity index (χ2n) is 6.34. The highest BCUT2D eigenvalue weighted by molar-refractivity contribution is 5.94. The Balaban J connectivity index is 1.59. The van der Waals surface area contributed by atoms with E-state index in [1.165, 1.54) is 18.4 Å². The zero-order valence-electron chi connectivity index (χ0n) is 14.5. The van der Waals surface area contributed by atoms with Crippen LogP contribution in [0.4, 0.5) is 4.39 Å². The van der Waals surface area contributed by atoms with E-state index in [9.17, 15) is 14.0 Å². The first-order chi connectivity index (χ1) is 12.6. The number of benzene rings is 1. The average molecular weight is 359 g/mol. The SMILES string of the molecule is NCc1cc(C(=O)N2CCCN(C(=O)Cc3cccc(F)c3)CC2)co1. The molecule has 0 radical (unpaired) electrons. The van der Waals surface area contributed by atoms with Gasteiger partial charge in [0.25, 0.3) is 5.91 Å². The van der Waals surface area contributed by atoms with Crippen LogP contribution in [0.3, 0.4) is 0 Å². The molecule has 0 spiro atoms. The summed E-state index contributed by atoms with van der Waals surface area (Å²) in [6, 6.07) is 7.72. The van der Waals surface area contributed by atoms with Gasteiger partial charge in [0.15, 0.2) is 0 Å². The Morgan fingerprint density at radius 1 is 1.12 bits per heavy atom. The molecule has 6 nitrogen and oxygen atoms in total. The number of amides is 2. The van der Waals surface area contributed by atoms with Gasteiger partial charge in [-0.3, -0.25) is 9.59 Å². The van der Waals surface area contributed by atoms with Crippen molar-refractivity contribution < 1.29 is 18.4 Å². The van der Waals surface area contributed by atoms with E-state index in [1.807, 2.05) is 0 Å². The van der Waals surface area contributed by atoms with E-state index in [1.54, 1.807) is 28.0 Å². The van der Waals surface area contributed by atoms with Gasteiger partial charge in [-0.1, -0.05) is 12.1 Å². The van der Waals surface area contributed by atoms with Crippen LogP contribution in [0.5, 0.6) is 0 Å². The van der Waals surface area contributed by atoms with Gasteiger partial charge < -0.3 is 20.0 Å². The van der Waals surface area contributed by atoms with Gasteiger partial charge in [-0.05, 0) is 30.2 Å². The van der Waals surface area contributed by atoms with Crippen molar-refractivity contribution in [2.45, 2.75) is 19.4 Å². The minimum Gasteiger partial charge on any atom is -0.467 e. The fourth-order valence-corrected chi connectivity index (χ4v) is 3.09. The van der Waals surface area contributed by atoms with E-state index in [2.05, 4.69) is 0 Å². The molecule has 1 saturated heterocycles. The van der Waals surface area contributed by atoms with Crippen molar-refractivity contribution in [1.29, 1.82) is 0 Å². The first-order valence-corrected chi connectivity index (χ1v) is 8.66. The lowest BCUT2D eigenvalue weighted by atomic mass is 10.1. The molecule has 0 atom stereocenters. The topological polar surface area (TPSA) is 79.8 Å². The van der Waals surface area contributed by atoms with Crippen LogP contribution >= 0.6 is 0 Å². The van der Waals surface area contributed by atoms with Crippen LogP contribution in [0, 0.1) is 5.82 Å². The third-order valence-electron chi connectivity index (χ3n) is 4.48. The summed E-state index contributed by atoms with van der Waals surface area (Å²) in [6.07, 6.45) is 2.28. The van der Waals surface area contributed by atoms with Gasteiger partial charge in [-0.15, -0.1) is 0 Å². The van der Waals surface area contributed by atoms with Crippen molar-refractivity contribution in [3.05, 3.63) is 59.3 Å². The molecule has 1 fully saturated rings. The molecule has 2 aromatic rings. The second kappa shape index (κ2) is 8.14. The lowest BCUT2D eigenvalue weighted by molar-refractivity contribution is -0.130. The van der Waals surface area contributed by atoms with Gasteiger partial charge in [-0.25, -0.2) is 4.39 Å². The van der Waals surface area contributed by atoms with E-state index >= 15 is 0 Å². The number of carbonyl (C=O) groups excluding carboxylic acids is 2. The Morgan fingerprint density at radius 2 is 1.88 bits per heavy atom. The normalized spacial score (nSPS) is 15.0. The summed E-state index contributed by atoms with van der Waals surface area (Å²) in [4.78, 5) is 28.5. The van der Waals surface area contributed by atoms with Crippen LogP contribution in [-0.2, 0) is 17.8 Å². The van der Waals surface area contributed by atoms with Crippen LogP contribution in [0.1, 0.15) is 28.1 Å². The summed E-state index contributed by atoms with van der Waals surface area (Å²) in [5, 5.41) is 0. The maximum Gasteiger partial charge on any atom is 0.257 e. The number of hydrogen-bond acceptors (Lipinski definition) is 4. The molecule has 7 heteroatoms. The molecular formula is C19H22FN3O3. The zero-order valence-corrected chi connectivity index (χ0v) is 14.5. The number of rotatable bonds is 4. The number of nitrogens with zero attached hydrogens (tertiary/aromatic N) is 2. The number of nitrogens with two attached hydrogens (primary N) is 1. The molecule has 0 aliphatic carbocycles. The molecule has 1 aromatic heterocycles. The van der Waals surface area contributed by atoms with E-state index in [0.717, 1.165) is 0 Å². The average Bonchev–Trinajstić information content (AvgIpc) is 2.97. The number of furan rings is 1. The van der Waals surface area contributed by atoms with Crippen molar-refractivity contribution in [3.63, 3.8) is 0 Å². The van der Waals surface area contributed by atoms with E-state index < -0.39 is 0 Å². The molecule has 0 bridgehead atoms. The summed E-state index contributed by atoms with van der Waals surface area (Å²) < 4.78 is 18.5. The van der Waals surface area contributed by atoms with E-state index in [4.69, 9.17) is 10.2 Å². The lowest BCUT2D eigenvalue weighted by Crippen LogP contribution is -2.37. The second-order valence-corrected chi connectivity index (χ2v) is 6.34. The van der Waals surface area contributed by atoms with Crippen molar-refractivity contribution in [1.82, 2.24) is 9.80 Å². The smallest absolute Gasteiger partial charge is 0.257 e. The molecular weight excluding hydrogens is 337 g/mol. The molecule has 1 aliphatic heterocycles. The minimum absolute atomic E-state index is 0.0568. The third-order valence-corrected chi connectivity index (χ3v) is 4.48. The molecule has 2 N–H and O–H groups in total. The first-order valence-electron chi connectivity index (χ1n) is 8.66. The van der Waals surface area contributed by atoms with E-state index in [-0.39, 0.29) is 30.6 Å². The summed E-state index contributed by atoms with van der Waals surface area (Å²) in [5.41, 5.74) is 6.63. The van der Waals surface area contributed by atoms with Crippen LogP contribution in [-0.4, -0.2) is 47.8 Å². The van der Waals surface area contributed by atoms with Gasteiger partial charge in [0.1, 0.15) is 17.8 Å². The third kappa shape index (κ3) is 4.29. The number of carbonyl (C=O) groups is 2. The maximum absolute atomic E-state index is 13.3.